The molecule has 2 aliphatic rings. The summed E-state index contributed by atoms with van der Waals surface area (Å²) in [5, 5.41) is 0. The molecule has 1 saturated carbocycles. The number of hydrogen-bond acceptors (Lipinski definition) is 5. The minimum absolute atomic E-state index is 0.330. The first-order chi connectivity index (χ1) is 8.74. The smallest absolute Gasteiger partial charge is 0.228 e. The molecule has 0 bridgehead atoms. The SMILES string of the molecule is Nc1cc(Br)nc(N2CCOC3CCCCC32)n1. The second-order valence-electron chi connectivity index (χ2n) is 4.87. The van der Waals surface area contributed by atoms with E-state index in [2.05, 4.69) is 30.8 Å². The van der Waals surface area contributed by atoms with Crippen LogP contribution in [0.25, 0.3) is 0 Å². The fourth-order valence-corrected chi connectivity index (χ4v) is 3.29. The largest absolute Gasteiger partial charge is 0.383 e. The fourth-order valence-electron chi connectivity index (χ4n) is 2.90. The van der Waals surface area contributed by atoms with Crippen LogP contribution in [0.1, 0.15) is 25.7 Å². The first kappa shape index (κ1) is 12.2. The van der Waals surface area contributed by atoms with E-state index < -0.39 is 0 Å². The van der Waals surface area contributed by atoms with Crippen molar-refractivity contribution in [1.82, 2.24) is 9.97 Å². The maximum atomic E-state index is 5.85. The van der Waals surface area contributed by atoms with E-state index >= 15 is 0 Å². The number of aromatic nitrogens is 2. The van der Waals surface area contributed by atoms with E-state index in [-0.39, 0.29) is 0 Å². The van der Waals surface area contributed by atoms with Crippen LogP contribution in [0.4, 0.5) is 11.8 Å². The van der Waals surface area contributed by atoms with E-state index in [4.69, 9.17) is 10.5 Å². The monoisotopic (exact) mass is 312 g/mol. The van der Waals surface area contributed by atoms with Gasteiger partial charge in [-0.05, 0) is 28.8 Å². The minimum atomic E-state index is 0.330. The Bertz CT molecular complexity index is 420. The number of halogens is 1. The normalized spacial score (nSPS) is 27.9. The molecule has 98 valence electrons. The molecule has 1 aromatic rings. The van der Waals surface area contributed by atoms with Crippen LogP contribution >= 0.6 is 15.9 Å². The van der Waals surface area contributed by atoms with Crippen molar-refractivity contribution in [2.75, 3.05) is 23.8 Å². The van der Waals surface area contributed by atoms with Crippen molar-refractivity contribution in [3.05, 3.63) is 10.7 Å². The van der Waals surface area contributed by atoms with Crippen LogP contribution in [0.2, 0.25) is 0 Å². The molecule has 2 fully saturated rings. The van der Waals surface area contributed by atoms with Gasteiger partial charge in [0.05, 0.1) is 18.8 Å². The molecule has 1 saturated heterocycles. The fraction of sp³-hybridized carbons (Fsp3) is 0.667. The van der Waals surface area contributed by atoms with Gasteiger partial charge in [0.25, 0.3) is 0 Å². The van der Waals surface area contributed by atoms with Gasteiger partial charge in [0, 0.05) is 12.6 Å². The Morgan fingerprint density at radius 1 is 1.33 bits per heavy atom. The van der Waals surface area contributed by atoms with E-state index in [1.807, 2.05) is 0 Å². The molecule has 18 heavy (non-hydrogen) atoms. The van der Waals surface area contributed by atoms with Crippen molar-refractivity contribution < 1.29 is 4.74 Å². The molecular formula is C12H17BrN4O. The molecule has 0 aromatic carbocycles. The summed E-state index contributed by atoms with van der Waals surface area (Å²) in [6.07, 6.45) is 5.14. The quantitative estimate of drug-likeness (QED) is 0.803. The van der Waals surface area contributed by atoms with Gasteiger partial charge < -0.3 is 15.4 Å². The van der Waals surface area contributed by atoms with Crippen molar-refractivity contribution >= 4 is 27.7 Å². The van der Waals surface area contributed by atoms with Gasteiger partial charge in [-0.3, -0.25) is 0 Å². The Hall–Kier alpha value is -0.880. The topological polar surface area (TPSA) is 64.3 Å². The lowest BCUT2D eigenvalue weighted by molar-refractivity contribution is -0.00932. The summed E-state index contributed by atoms with van der Waals surface area (Å²) in [6, 6.07) is 2.13. The van der Waals surface area contributed by atoms with E-state index in [9.17, 15) is 0 Å². The van der Waals surface area contributed by atoms with Gasteiger partial charge in [-0.15, -0.1) is 0 Å². The molecule has 1 aromatic heterocycles. The molecule has 2 atom stereocenters. The molecule has 3 rings (SSSR count). The Morgan fingerprint density at radius 3 is 3.00 bits per heavy atom. The molecule has 2 N–H and O–H groups in total. The first-order valence-corrected chi connectivity index (χ1v) is 7.21. The lowest BCUT2D eigenvalue weighted by atomic mass is 9.90. The Balaban J connectivity index is 1.89. The zero-order valence-electron chi connectivity index (χ0n) is 10.2. The molecule has 5 nitrogen and oxygen atoms in total. The zero-order chi connectivity index (χ0) is 12.5. The van der Waals surface area contributed by atoms with Gasteiger partial charge in [-0.25, -0.2) is 4.98 Å². The van der Waals surface area contributed by atoms with Gasteiger partial charge >= 0.3 is 0 Å². The molecule has 0 amide bonds. The molecule has 0 spiro atoms. The summed E-state index contributed by atoms with van der Waals surface area (Å²) in [6.45, 7) is 1.59. The Labute approximate surface area is 115 Å². The second kappa shape index (κ2) is 5.01. The van der Waals surface area contributed by atoms with Crippen molar-refractivity contribution in [1.29, 1.82) is 0 Å². The molecule has 6 heteroatoms. The molecule has 2 heterocycles. The third kappa shape index (κ3) is 2.31. The number of nitrogens with two attached hydrogens (primary N) is 1. The maximum absolute atomic E-state index is 5.85. The Kier molecular flexibility index (Phi) is 3.39. The van der Waals surface area contributed by atoms with Gasteiger partial charge in [-0.1, -0.05) is 12.8 Å². The van der Waals surface area contributed by atoms with Crippen LogP contribution in [-0.4, -0.2) is 35.3 Å². The van der Waals surface area contributed by atoms with Crippen molar-refractivity contribution in [2.45, 2.75) is 37.8 Å². The summed E-state index contributed by atoms with van der Waals surface area (Å²) in [5.74, 6) is 1.23. The highest BCUT2D eigenvalue weighted by atomic mass is 79.9. The summed E-state index contributed by atoms with van der Waals surface area (Å²) in [7, 11) is 0. The second-order valence-corrected chi connectivity index (χ2v) is 5.68. The number of nitrogen functional groups attached to an aromatic ring is 1. The number of morpholine rings is 1. The number of ether oxygens (including phenoxy) is 1. The van der Waals surface area contributed by atoms with Gasteiger partial charge in [0.15, 0.2) is 0 Å². The standard InChI is InChI=1S/C12H17BrN4O/c13-10-7-11(14)16-12(15-10)17-5-6-18-9-4-2-1-3-8(9)17/h7-9H,1-6H2,(H2,14,15,16). The molecule has 1 aliphatic heterocycles. The lowest BCUT2D eigenvalue weighted by Gasteiger charge is -2.43. The predicted molar refractivity (Wildman–Crippen MR) is 73.5 cm³/mol. The average molecular weight is 313 g/mol. The van der Waals surface area contributed by atoms with Crippen LogP contribution < -0.4 is 10.6 Å². The maximum Gasteiger partial charge on any atom is 0.228 e. The van der Waals surface area contributed by atoms with E-state index in [0.29, 0.717) is 18.0 Å². The summed E-state index contributed by atoms with van der Waals surface area (Å²) in [5.41, 5.74) is 5.80. The molecule has 0 radical (unpaired) electrons. The van der Waals surface area contributed by atoms with Crippen LogP contribution in [0, 0.1) is 0 Å². The van der Waals surface area contributed by atoms with Crippen LogP contribution in [-0.2, 0) is 4.74 Å². The number of rotatable bonds is 1. The summed E-state index contributed by atoms with van der Waals surface area (Å²) < 4.78 is 6.59. The third-order valence-corrected chi connectivity index (χ3v) is 4.10. The molecular weight excluding hydrogens is 296 g/mol. The molecule has 1 aliphatic carbocycles. The summed E-state index contributed by atoms with van der Waals surface area (Å²) in [4.78, 5) is 11.1. The van der Waals surface area contributed by atoms with E-state index in [1.165, 1.54) is 12.8 Å². The predicted octanol–water partition coefficient (Wildman–Crippen LogP) is 1.97. The van der Waals surface area contributed by atoms with Gasteiger partial charge in [-0.2, -0.15) is 4.98 Å². The third-order valence-electron chi connectivity index (χ3n) is 3.69. The number of nitrogens with zero attached hydrogens (tertiary/aromatic N) is 3. The highest BCUT2D eigenvalue weighted by Gasteiger charge is 2.35. The van der Waals surface area contributed by atoms with Crippen molar-refractivity contribution in [2.24, 2.45) is 0 Å². The number of hydrogen-bond donors (Lipinski definition) is 1. The number of anilines is 2. The Morgan fingerprint density at radius 2 is 2.17 bits per heavy atom. The van der Waals surface area contributed by atoms with Crippen LogP contribution in [0.15, 0.2) is 10.7 Å². The van der Waals surface area contributed by atoms with E-state index in [1.54, 1.807) is 6.07 Å². The number of fused-ring (bicyclic) bond motifs is 1. The van der Waals surface area contributed by atoms with Crippen LogP contribution in [0.5, 0.6) is 0 Å². The zero-order valence-corrected chi connectivity index (χ0v) is 11.8. The highest BCUT2D eigenvalue weighted by molar-refractivity contribution is 9.10. The minimum Gasteiger partial charge on any atom is -0.383 e. The molecule has 2 unspecified atom stereocenters. The highest BCUT2D eigenvalue weighted by Crippen LogP contribution is 2.31. The van der Waals surface area contributed by atoms with Gasteiger partial charge in [0.2, 0.25) is 5.95 Å². The van der Waals surface area contributed by atoms with E-state index in [0.717, 1.165) is 36.5 Å². The summed E-state index contributed by atoms with van der Waals surface area (Å²) >= 11 is 3.38. The average Bonchev–Trinajstić information content (AvgIpc) is 2.37. The first-order valence-electron chi connectivity index (χ1n) is 6.42. The van der Waals surface area contributed by atoms with Crippen LogP contribution in [0.3, 0.4) is 0 Å². The van der Waals surface area contributed by atoms with Crippen molar-refractivity contribution in [3.8, 4) is 0 Å². The lowest BCUT2D eigenvalue weighted by Crippen LogP contribution is -2.53. The van der Waals surface area contributed by atoms with Gasteiger partial charge in [0.1, 0.15) is 10.4 Å². The van der Waals surface area contributed by atoms with Crippen molar-refractivity contribution in [3.63, 3.8) is 0 Å².